The van der Waals surface area contributed by atoms with Crippen LogP contribution in [0.3, 0.4) is 0 Å². The molecule has 4 N–H and O–H groups in total. The van der Waals surface area contributed by atoms with E-state index in [0.717, 1.165) is 35.7 Å². The molecule has 1 fully saturated rings. The van der Waals surface area contributed by atoms with Crippen LogP contribution < -0.4 is 15.8 Å². The van der Waals surface area contributed by atoms with Gasteiger partial charge < -0.3 is 15.6 Å². The van der Waals surface area contributed by atoms with Gasteiger partial charge in [0.25, 0.3) is 0 Å². The predicted molar refractivity (Wildman–Crippen MR) is 142 cm³/mol. The maximum absolute atomic E-state index is 12.8. The molecule has 0 spiro atoms. The van der Waals surface area contributed by atoms with Crippen molar-refractivity contribution in [3.05, 3.63) is 28.2 Å². The Balaban J connectivity index is 0.000000905. The summed E-state index contributed by atoms with van der Waals surface area (Å²) in [6.07, 6.45) is 3.10. The van der Waals surface area contributed by atoms with Crippen molar-refractivity contribution in [1.29, 1.82) is 0 Å². The molecule has 38 heavy (non-hydrogen) atoms. The summed E-state index contributed by atoms with van der Waals surface area (Å²) in [6, 6.07) is 4.97. The second-order valence-electron chi connectivity index (χ2n) is 9.65. The van der Waals surface area contributed by atoms with Crippen LogP contribution in [0.2, 0.25) is 0 Å². The summed E-state index contributed by atoms with van der Waals surface area (Å²) in [6.45, 7) is 4.22. The van der Waals surface area contributed by atoms with E-state index in [1.54, 1.807) is 13.2 Å². The van der Waals surface area contributed by atoms with E-state index in [4.69, 9.17) is 20.4 Å². The summed E-state index contributed by atoms with van der Waals surface area (Å²) in [5.41, 5.74) is 6.86. The third-order valence-electron chi connectivity index (χ3n) is 6.04. The maximum atomic E-state index is 12.8. The van der Waals surface area contributed by atoms with Crippen molar-refractivity contribution in [2.45, 2.75) is 83.9 Å². The lowest BCUT2D eigenvalue weighted by atomic mass is 9.83. The van der Waals surface area contributed by atoms with Gasteiger partial charge in [0.05, 0.1) is 13.5 Å². The minimum absolute atomic E-state index is 0.0216. The van der Waals surface area contributed by atoms with Crippen molar-refractivity contribution < 1.29 is 37.4 Å². The van der Waals surface area contributed by atoms with Gasteiger partial charge in [-0.3, -0.25) is 14.9 Å². The molecule has 8 nitrogen and oxygen atoms in total. The molecule has 0 saturated heterocycles. The van der Waals surface area contributed by atoms with Crippen LogP contribution in [-0.2, 0) is 20.8 Å². The van der Waals surface area contributed by atoms with Crippen molar-refractivity contribution in [3.63, 3.8) is 0 Å². The molecular weight excluding hydrogens is 571 g/mol. The Hall–Kier alpha value is -2.63. The molecular formula is C26H37BrF3N3O5. The first-order valence-electron chi connectivity index (χ1n) is 12.5. The van der Waals surface area contributed by atoms with Gasteiger partial charge in [0, 0.05) is 10.9 Å². The predicted octanol–water partition coefficient (Wildman–Crippen LogP) is 5.41. The lowest BCUT2D eigenvalue weighted by Gasteiger charge is -2.24. The zero-order chi connectivity index (χ0) is 28.9. The zero-order valence-corrected chi connectivity index (χ0v) is 23.5. The van der Waals surface area contributed by atoms with Crippen LogP contribution in [0.5, 0.6) is 5.75 Å². The SMILES string of the molecule is COc1ccc(CC(=O)NC(N)=N[C@H](CC2CCCCC2)C(=O)CCC(C)C)c(Br)c1.O=C(O)C(F)(F)F. The Kier molecular flexibility index (Phi) is 14.4. The number of nitrogens with one attached hydrogen (secondary N) is 1. The van der Waals surface area contributed by atoms with Gasteiger partial charge in [-0.15, -0.1) is 0 Å². The molecule has 1 amide bonds. The van der Waals surface area contributed by atoms with Gasteiger partial charge >= 0.3 is 12.1 Å². The summed E-state index contributed by atoms with van der Waals surface area (Å²) in [4.78, 5) is 38.7. The van der Waals surface area contributed by atoms with E-state index in [-0.39, 0.29) is 24.1 Å². The second-order valence-corrected chi connectivity index (χ2v) is 10.5. The van der Waals surface area contributed by atoms with Gasteiger partial charge in [-0.05, 0) is 42.4 Å². The molecule has 1 aromatic carbocycles. The molecule has 1 aliphatic rings. The molecule has 0 unspecified atom stereocenters. The van der Waals surface area contributed by atoms with Crippen LogP contribution >= 0.6 is 15.9 Å². The lowest BCUT2D eigenvalue weighted by molar-refractivity contribution is -0.192. The number of guanidine groups is 1. The van der Waals surface area contributed by atoms with Gasteiger partial charge in [0.15, 0.2) is 11.7 Å². The van der Waals surface area contributed by atoms with Crippen LogP contribution in [-0.4, -0.2) is 48.1 Å². The van der Waals surface area contributed by atoms with Gasteiger partial charge in [0.2, 0.25) is 5.91 Å². The van der Waals surface area contributed by atoms with Gasteiger partial charge in [-0.2, -0.15) is 13.2 Å². The molecule has 2 rings (SSSR count). The Morgan fingerprint density at radius 1 is 1.21 bits per heavy atom. The van der Waals surface area contributed by atoms with E-state index in [1.807, 2.05) is 12.1 Å². The third-order valence-corrected chi connectivity index (χ3v) is 6.78. The monoisotopic (exact) mass is 607 g/mol. The minimum Gasteiger partial charge on any atom is -0.497 e. The summed E-state index contributed by atoms with van der Waals surface area (Å²) in [5, 5.41) is 9.78. The average molecular weight is 608 g/mol. The number of aliphatic carboxylic acids is 1. The number of benzene rings is 1. The van der Waals surface area contributed by atoms with E-state index in [9.17, 15) is 22.8 Å². The highest BCUT2D eigenvalue weighted by molar-refractivity contribution is 9.10. The first-order chi connectivity index (χ1) is 17.7. The number of methoxy groups -OCH3 is 1. The highest BCUT2D eigenvalue weighted by Crippen LogP contribution is 2.29. The molecule has 214 valence electrons. The number of hydrogen-bond acceptors (Lipinski definition) is 5. The number of carbonyl (C=O) groups is 3. The number of ketones is 1. The zero-order valence-electron chi connectivity index (χ0n) is 21.9. The fourth-order valence-corrected chi connectivity index (χ4v) is 4.45. The number of carbonyl (C=O) groups excluding carboxylic acids is 2. The van der Waals surface area contributed by atoms with Crippen LogP contribution in [0.4, 0.5) is 13.2 Å². The lowest BCUT2D eigenvalue weighted by Crippen LogP contribution is -2.40. The van der Waals surface area contributed by atoms with Gasteiger partial charge in [0.1, 0.15) is 11.8 Å². The van der Waals surface area contributed by atoms with Crippen LogP contribution in [0.15, 0.2) is 27.7 Å². The number of carboxylic acid groups (broad SMARTS) is 1. The molecule has 12 heteroatoms. The van der Waals surface area contributed by atoms with E-state index >= 15 is 0 Å². The fraction of sp³-hybridized carbons (Fsp3) is 0.615. The summed E-state index contributed by atoms with van der Waals surface area (Å²) >= 11 is 3.46. The van der Waals surface area contributed by atoms with E-state index in [1.165, 1.54) is 19.3 Å². The quantitative estimate of drug-likeness (QED) is 0.241. The number of carboxylic acids is 1. The maximum Gasteiger partial charge on any atom is 0.490 e. The molecule has 1 saturated carbocycles. The molecule has 1 atom stereocenters. The summed E-state index contributed by atoms with van der Waals surface area (Å²) < 4.78 is 37.7. The minimum atomic E-state index is -5.08. The number of nitrogens with zero attached hydrogens (tertiary/aromatic N) is 1. The molecule has 0 radical (unpaired) electrons. The first-order valence-corrected chi connectivity index (χ1v) is 13.3. The largest absolute Gasteiger partial charge is 0.497 e. The van der Waals surface area contributed by atoms with Crippen molar-refractivity contribution in [3.8, 4) is 5.75 Å². The Bertz CT molecular complexity index is 964. The highest BCUT2D eigenvalue weighted by atomic mass is 79.9. The number of rotatable bonds is 10. The Morgan fingerprint density at radius 3 is 2.32 bits per heavy atom. The number of Topliss-reactive ketones (excluding diaryl/α,β-unsaturated/α-hetero) is 1. The van der Waals surface area contributed by atoms with E-state index in [0.29, 0.717) is 24.0 Å². The van der Waals surface area contributed by atoms with Crippen LogP contribution in [0, 0.1) is 11.8 Å². The average Bonchev–Trinajstić information content (AvgIpc) is 2.83. The van der Waals surface area contributed by atoms with E-state index in [2.05, 4.69) is 40.1 Å². The van der Waals surface area contributed by atoms with E-state index < -0.39 is 18.2 Å². The fourth-order valence-electron chi connectivity index (χ4n) is 3.95. The van der Waals surface area contributed by atoms with Crippen LogP contribution in [0.25, 0.3) is 0 Å². The topological polar surface area (TPSA) is 131 Å². The summed E-state index contributed by atoms with van der Waals surface area (Å²) in [5.74, 6) is -1.21. The van der Waals surface area contributed by atoms with Crippen LogP contribution in [0.1, 0.15) is 70.8 Å². The van der Waals surface area contributed by atoms with Crippen molar-refractivity contribution in [2.24, 2.45) is 22.6 Å². The number of ether oxygens (including phenoxy) is 1. The molecule has 0 heterocycles. The molecule has 1 aromatic rings. The number of aliphatic imine (C=N–C) groups is 1. The van der Waals surface area contributed by atoms with Crippen molar-refractivity contribution in [1.82, 2.24) is 5.32 Å². The molecule has 0 aromatic heterocycles. The smallest absolute Gasteiger partial charge is 0.490 e. The highest BCUT2D eigenvalue weighted by Gasteiger charge is 2.38. The number of nitrogens with two attached hydrogens (primary N) is 1. The first kappa shape index (κ1) is 33.4. The normalized spacial score (nSPS) is 15.3. The second kappa shape index (κ2) is 16.4. The number of amides is 1. The van der Waals surface area contributed by atoms with Crippen molar-refractivity contribution in [2.75, 3.05) is 7.11 Å². The number of halogens is 4. The van der Waals surface area contributed by atoms with Gasteiger partial charge in [-0.1, -0.05) is 67.9 Å². The Labute approximate surface area is 229 Å². The number of hydrogen-bond donors (Lipinski definition) is 3. The van der Waals surface area contributed by atoms with Crippen molar-refractivity contribution >= 4 is 39.5 Å². The molecule has 0 aliphatic heterocycles. The van der Waals surface area contributed by atoms with Gasteiger partial charge in [-0.25, -0.2) is 9.79 Å². The Morgan fingerprint density at radius 2 is 1.82 bits per heavy atom. The summed E-state index contributed by atoms with van der Waals surface area (Å²) in [7, 11) is 1.59. The standard InChI is InChI=1S/C24H36BrN3O3.C2HF3O2/c1-16(2)9-12-22(29)21(13-17-7-5-4-6-8-17)27-24(26)28-23(30)14-18-10-11-19(31-3)15-20(18)25;3-2(4,5)1(6)7/h10-11,15-17,21H,4-9,12-14H2,1-3H3,(H3,26,27,28,30);(H,6,7)/t21-;/m1./s1. The molecule has 0 bridgehead atoms. The molecule has 1 aliphatic carbocycles. The third kappa shape index (κ3) is 13.3. The number of alkyl halides is 3.